The maximum Gasteiger partial charge on any atom is 0.350 e. The highest BCUT2D eigenvalue weighted by Gasteiger charge is 2.45. The van der Waals surface area contributed by atoms with Crippen LogP contribution in [-0.4, -0.2) is 34.4 Å². The molecule has 1 amide bonds. The number of esters is 1. The number of aromatic nitrogens is 1. The molecule has 1 unspecified atom stereocenters. The molecule has 1 aliphatic heterocycles. The number of carbonyl (C=O) groups is 3. The van der Waals surface area contributed by atoms with Crippen LogP contribution in [0.3, 0.4) is 0 Å². The number of allylic oxidation sites excluding steroid dienone is 1. The molecule has 0 bridgehead atoms. The first kappa shape index (κ1) is 25.8. The van der Waals surface area contributed by atoms with E-state index in [4.69, 9.17) is 4.74 Å². The minimum Gasteiger partial charge on any atom is -0.503 e. The van der Waals surface area contributed by atoms with Crippen molar-refractivity contribution in [1.29, 1.82) is 0 Å². The second-order valence-electron chi connectivity index (χ2n) is 8.34. The second-order valence-corrected chi connectivity index (χ2v) is 9.32. The third-order valence-corrected chi connectivity index (χ3v) is 7.05. The molecule has 0 aliphatic carbocycles. The predicted octanol–water partition coefficient (Wildman–Crippen LogP) is 5.54. The van der Waals surface area contributed by atoms with Crippen molar-refractivity contribution in [2.45, 2.75) is 26.3 Å². The summed E-state index contributed by atoms with van der Waals surface area (Å²) in [6, 6.07) is 15.8. The van der Waals surface area contributed by atoms with Crippen LogP contribution in [0.2, 0.25) is 0 Å². The molecule has 0 spiro atoms. The van der Waals surface area contributed by atoms with E-state index in [1.165, 1.54) is 17.1 Å². The highest BCUT2D eigenvalue weighted by atomic mass is 32.1. The van der Waals surface area contributed by atoms with Crippen LogP contribution in [-0.2, 0) is 20.7 Å². The third kappa shape index (κ3) is 5.29. The average Bonchev–Trinajstić information content (AvgIpc) is 3.43. The topological polar surface area (TPSA) is 96.8 Å². The van der Waals surface area contributed by atoms with Crippen molar-refractivity contribution >= 4 is 40.2 Å². The summed E-state index contributed by atoms with van der Waals surface area (Å²) in [6.07, 6.45) is 5.25. The average molecular weight is 515 g/mol. The smallest absolute Gasteiger partial charge is 0.350 e. The Morgan fingerprint density at radius 1 is 1.16 bits per heavy atom. The number of amides is 1. The Labute approximate surface area is 219 Å². The molecule has 0 saturated heterocycles. The number of hydrogen-bond donors (Lipinski definition) is 1. The molecule has 188 valence electrons. The fourth-order valence-electron chi connectivity index (χ4n) is 4.01. The Hall–Kier alpha value is -4.30. The van der Waals surface area contributed by atoms with Gasteiger partial charge in [-0.3, -0.25) is 14.5 Å². The summed E-state index contributed by atoms with van der Waals surface area (Å²) < 4.78 is 5.14. The van der Waals surface area contributed by atoms with Crippen LogP contribution in [0, 0.1) is 6.92 Å². The first-order valence-corrected chi connectivity index (χ1v) is 12.6. The minimum absolute atomic E-state index is 0.0370. The molecule has 8 heteroatoms. The third-order valence-electron chi connectivity index (χ3n) is 5.91. The number of anilines is 1. The molecule has 37 heavy (non-hydrogen) atoms. The number of hydrogen-bond acceptors (Lipinski definition) is 7. The lowest BCUT2D eigenvalue weighted by Crippen LogP contribution is -2.30. The van der Waals surface area contributed by atoms with E-state index in [0.29, 0.717) is 11.3 Å². The van der Waals surface area contributed by atoms with E-state index in [1.807, 2.05) is 61.5 Å². The number of nitrogens with zero attached hydrogens (tertiary/aromatic N) is 2. The molecule has 4 rings (SSSR count). The summed E-state index contributed by atoms with van der Waals surface area (Å²) in [4.78, 5) is 45.1. The molecule has 0 saturated carbocycles. The zero-order valence-corrected chi connectivity index (χ0v) is 21.3. The number of aryl methyl sites for hydroxylation is 2. The van der Waals surface area contributed by atoms with Gasteiger partial charge in [0.1, 0.15) is 11.5 Å². The van der Waals surface area contributed by atoms with E-state index in [1.54, 1.807) is 13.0 Å². The van der Waals surface area contributed by atoms with Gasteiger partial charge in [-0.05, 0) is 36.1 Å². The molecular formula is C29H26N2O5S. The van der Waals surface area contributed by atoms with Crippen LogP contribution in [0.1, 0.15) is 45.0 Å². The normalized spacial score (nSPS) is 15.5. The molecule has 1 atom stereocenters. The molecular weight excluding hydrogens is 488 g/mol. The van der Waals surface area contributed by atoms with Crippen LogP contribution in [0.25, 0.3) is 6.08 Å². The predicted molar refractivity (Wildman–Crippen MR) is 144 cm³/mol. The Bertz CT molecular complexity index is 1400. The van der Waals surface area contributed by atoms with Crippen molar-refractivity contribution in [3.05, 3.63) is 112 Å². The van der Waals surface area contributed by atoms with Gasteiger partial charge in [0.05, 0.1) is 17.3 Å². The molecule has 3 aromatic rings. The quantitative estimate of drug-likeness (QED) is 0.229. The molecule has 1 aliphatic rings. The van der Waals surface area contributed by atoms with Gasteiger partial charge in [-0.2, -0.15) is 0 Å². The maximum absolute atomic E-state index is 13.4. The van der Waals surface area contributed by atoms with E-state index >= 15 is 0 Å². The van der Waals surface area contributed by atoms with Crippen molar-refractivity contribution in [2.75, 3.05) is 11.5 Å². The van der Waals surface area contributed by atoms with Gasteiger partial charge in [-0.15, -0.1) is 0 Å². The van der Waals surface area contributed by atoms with Gasteiger partial charge >= 0.3 is 5.97 Å². The molecule has 1 N–H and O–H groups in total. The fourth-order valence-corrected chi connectivity index (χ4v) is 4.99. The molecule has 0 fully saturated rings. The number of ketones is 1. The Morgan fingerprint density at radius 3 is 2.51 bits per heavy atom. The lowest BCUT2D eigenvalue weighted by Gasteiger charge is -2.24. The molecule has 0 radical (unpaired) electrons. The monoisotopic (exact) mass is 514 g/mol. The summed E-state index contributed by atoms with van der Waals surface area (Å²) >= 11 is 0.969. The summed E-state index contributed by atoms with van der Waals surface area (Å²) in [5.74, 6) is -2.49. The minimum atomic E-state index is -0.922. The Morgan fingerprint density at radius 2 is 1.86 bits per heavy atom. The van der Waals surface area contributed by atoms with Gasteiger partial charge < -0.3 is 9.84 Å². The van der Waals surface area contributed by atoms with Crippen LogP contribution >= 0.6 is 11.3 Å². The fraction of sp³-hybridized carbons (Fsp3) is 0.172. The van der Waals surface area contributed by atoms with Crippen molar-refractivity contribution in [3.63, 3.8) is 0 Å². The van der Waals surface area contributed by atoms with Crippen LogP contribution in [0.4, 0.5) is 5.13 Å². The van der Waals surface area contributed by atoms with Crippen LogP contribution < -0.4 is 4.90 Å². The van der Waals surface area contributed by atoms with Gasteiger partial charge in [0.25, 0.3) is 5.91 Å². The number of rotatable bonds is 9. The Balaban J connectivity index is 1.77. The number of aliphatic hydroxyl groups is 1. The lowest BCUT2D eigenvalue weighted by molar-refractivity contribution is -0.117. The standard InChI is InChI=1S/C29H26N2O5S/c1-4-17-36-28(35)26-18(3)30-29(37-26)31-24(21-14-11-19(5-2)12-15-21)23(25(33)27(31)34)22(32)16-13-20-9-7-6-8-10-20/h4,6-16,24,33H,1,5,17H2,2-3H3/b16-13+. The van der Waals surface area contributed by atoms with E-state index in [2.05, 4.69) is 11.6 Å². The SMILES string of the molecule is C=CCOC(=O)c1sc(N2C(=O)C(O)=C(C(=O)/C=C/c3ccccc3)C2c2ccc(CC)cc2)nc1C. The van der Waals surface area contributed by atoms with E-state index in [-0.39, 0.29) is 22.2 Å². The number of carbonyl (C=O) groups excluding carboxylic acids is 3. The van der Waals surface area contributed by atoms with E-state index < -0.39 is 29.5 Å². The van der Waals surface area contributed by atoms with Crippen molar-refractivity contribution in [2.24, 2.45) is 0 Å². The lowest BCUT2D eigenvalue weighted by atomic mass is 9.94. The van der Waals surface area contributed by atoms with Gasteiger partial charge in [0, 0.05) is 0 Å². The highest BCUT2D eigenvalue weighted by molar-refractivity contribution is 7.17. The van der Waals surface area contributed by atoms with E-state index in [0.717, 1.165) is 28.9 Å². The van der Waals surface area contributed by atoms with Crippen molar-refractivity contribution in [1.82, 2.24) is 4.98 Å². The summed E-state index contributed by atoms with van der Waals surface area (Å²) in [5, 5.41) is 11.1. The van der Waals surface area contributed by atoms with Gasteiger partial charge in [-0.25, -0.2) is 9.78 Å². The maximum atomic E-state index is 13.4. The molecule has 2 heterocycles. The summed E-state index contributed by atoms with van der Waals surface area (Å²) in [5.41, 5.74) is 2.85. The van der Waals surface area contributed by atoms with E-state index in [9.17, 15) is 19.5 Å². The second kappa shape index (κ2) is 11.2. The van der Waals surface area contributed by atoms with Crippen molar-refractivity contribution in [3.8, 4) is 0 Å². The summed E-state index contributed by atoms with van der Waals surface area (Å²) in [7, 11) is 0. The van der Waals surface area contributed by atoms with Gasteiger partial charge in [0.15, 0.2) is 16.7 Å². The number of benzene rings is 2. The van der Waals surface area contributed by atoms with Crippen molar-refractivity contribution < 1.29 is 24.2 Å². The molecule has 7 nitrogen and oxygen atoms in total. The largest absolute Gasteiger partial charge is 0.503 e. The van der Waals surface area contributed by atoms with Crippen LogP contribution in [0.15, 0.2) is 84.7 Å². The molecule has 2 aromatic carbocycles. The number of thiazole rings is 1. The van der Waals surface area contributed by atoms with Crippen LogP contribution in [0.5, 0.6) is 0 Å². The zero-order valence-electron chi connectivity index (χ0n) is 20.5. The number of ether oxygens (including phenoxy) is 1. The number of aliphatic hydroxyl groups excluding tert-OH is 1. The zero-order chi connectivity index (χ0) is 26.5. The van der Waals surface area contributed by atoms with Gasteiger partial charge in [-0.1, -0.05) is 91.6 Å². The van der Waals surface area contributed by atoms with Gasteiger partial charge in [0.2, 0.25) is 0 Å². The molecule has 1 aromatic heterocycles. The first-order valence-electron chi connectivity index (χ1n) is 11.7. The highest BCUT2D eigenvalue weighted by Crippen LogP contribution is 2.43. The Kier molecular flexibility index (Phi) is 7.79. The summed E-state index contributed by atoms with van der Waals surface area (Å²) in [6.45, 7) is 7.24. The first-order chi connectivity index (χ1) is 17.8.